The number of hydrogen-bond acceptors (Lipinski definition) is 6. The minimum Gasteiger partial charge on any atom is -0.493 e. The first-order valence-corrected chi connectivity index (χ1v) is 5.09. The van der Waals surface area contributed by atoms with E-state index in [4.69, 9.17) is 0 Å². The first kappa shape index (κ1) is 12.5. The molecule has 0 radical (unpaired) electrons. The number of non-ortho nitro benzene ring substituents is 1. The Morgan fingerprint density at radius 2 is 1.89 bits per heavy atom. The van der Waals surface area contributed by atoms with Crippen LogP contribution in [0.25, 0.3) is 5.69 Å². The number of aromatic nitrogens is 2. The van der Waals surface area contributed by atoms with Crippen LogP contribution in [-0.2, 0) is 0 Å². The molecule has 9 nitrogen and oxygen atoms in total. The minimum atomic E-state index is -0.765. The van der Waals surface area contributed by atoms with E-state index in [0.29, 0.717) is 5.69 Å². The maximum atomic E-state index is 10.9. The van der Waals surface area contributed by atoms with Crippen LogP contribution in [0.4, 0.5) is 11.4 Å². The molecule has 0 aliphatic heterocycles. The molecule has 98 valence electrons. The number of hydrogen-bond donors (Lipinski definition) is 1. The fourth-order valence-corrected chi connectivity index (χ4v) is 1.61. The van der Waals surface area contributed by atoms with Gasteiger partial charge in [0.1, 0.15) is 5.69 Å². The molecule has 0 unspecified atom stereocenters. The molecular weight excluding hydrogens is 256 g/mol. The first-order valence-electron chi connectivity index (χ1n) is 5.09. The lowest BCUT2D eigenvalue weighted by Crippen LogP contribution is -2.02. The van der Waals surface area contributed by atoms with Crippen molar-refractivity contribution in [1.82, 2.24) is 9.78 Å². The lowest BCUT2D eigenvalue weighted by molar-refractivity contribution is -0.394. The van der Waals surface area contributed by atoms with Crippen molar-refractivity contribution in [2.75, 3.05) is 0 Å². The van der Waals surface area contributed by atoms with Crippen molar-refractivity contribution in [3.63, 3.8) is 0 Å². The molecule has 0 bridgehead atoms. The van der Waals surface area contributed by atoms with Gasteiger partial charge in [0, 0.05) is 12.1 Å². The number of benzene rings is 1. The van der Waals surface area contributed by atoms with E-state index < -0.39 is 21.2 Å². The Kier molecular flexibility index (Phi) is 2.87. The van der Waals surface area contributed by atoms with Gasteiger partial charge in [-0.1, -0.05) is 0 Å². The van der Waals surface area contributed by atoms with Crippen molar-refractivity contribution in [3.8, 4) is 11.6 Å². The Morgan fingerprint density at radius 3 is 2.37 bits per heavy atom. The third kappa shape index (κ3) is 2.20. The highest BCUT2D eigenvalue weighted by molar-refractivity contribution is 5.58. The van der Waals surface area contributed by atoms with Gasteiger partial charge in [0.2, 0.25) is 5.88 Å². The quantitative estimate of drug-likeness (QED) is 0.664. The van der Waals surface area contributed by atoms with Crippen molar-refractivity contribution in [2.24, 2.45) is 0 Å². The molecule has 0 spiro atoms. The molecule has 0 aliphatic rings. The second kappa shape index (κ2) is 4.37. The second-order valence-corrected chi connectivity index (χ2v) is 3.74. The van der Waals surface area contributed by atoms with Crippen LogP contribution in [0.15, 0.2) is 24.3 Å². The van der Waals surface area contributed by atoms with Crippen LogP contribution < -0.4 is 0 Å². The fraction of sp³-hybridized carbons (Fsp3) is 0.100. The fourth-order valence-electron chi connectivity index (χ4n) is 1.61. The number of nitro benzene ring substituents is 2. The first-order chi connectivity index (χ1) is 8.90. The molecule has 0 aliphatic carbocycles. The largest absolute Gasteiger partial charge is 0.493 e. The van der Waals surface area contributed by atoms with Gasteiger partial charge in [-0.05, 0) is 13.0 Å². The number of nitro groups is 2. The van der Waals surface area contributed by atoms with Crippen LogP contribution in [0.5, 0.6) is 5.88 Å². The molecule has 1 aromatic carbocycles. The summed E-state index contributed by atoms with van der Waals surface area (Å²) in [6, 6.07) is 4.43. The number of aryl methyl sites for hydroxylation is 1. The molecule has 0 saturated heterocycles. The molecule has 0 atom stereocenters. The Balaban J connectivity index is 2.66. The summed E-state index contributed by atoms with van der Waals surface area (Å²) in [6.45, 7) is 1.60. The second-order valence-electron chi connectivity index (χ2n) is 3.74. The zero-order valence-electron chi connectivity index (χ0n) is 9.68. The van der Waals surface area contributed by atoms with Crippen LogP contribution in [0.2, 0.25) is 0 Å². The van der Waals surface area contributed by atoms with E-state index in [1.165, 1.54) is 12.1 Å². The van der Waals surface area contributed by atoms with Crippen molar-refractivity contribution >= 4 is 11.4 Å². The van der Waals surface area contributed by atoms with E-state index in [0.717, 1.165) is 16.8 Å². The molecule has 0 saturated carbocycles. The molecule has 1 aromatic heterocycles. The summed E-state index contributed by atoms with van der Waals surface area (Å²) < 4.78 is 0.956. The van der Waals surface area contributed by atoms with Gasteiger partial charge in [0.15, 0.2) is 0 Å². The standard InChI is InChI=1S/C10H8N4O5/c1-6-4-10(15)12(11-6)8-3-2-7(13(16)17)5-9(8)14(18)19/h2-5,15H,1H3. The van der Waals surface area contributed by atoms with Crippen molar-refractivity contribution < 1.29 is 15.0 Å². The van der Waals surface area contributed by atoms with Gasteiger partial charge in [-0.3, -0.25) is 20.2 Å². The SMILES string of the molecule is Cc1cc(O)n(-c2ccc([N+](=O)[O-])cc2[N+](=O)[O-])n1. The van der Waals surface area contributed by atoms with Crippen LogP contribution in [0, 0.1) is 27.2 Å². The molecule has 0 fully saturated rings. The highest BCUT2D eigenvalue weighted by Crippen LogP contribution is 2.30. The topological polar surface area (TPSA) is 124 Å². The molecule has 9 heteroatoms. The van der Waals surface area contributed by atoms with Crippen LogP contribution in [-0.4, -0.2) is 24.7 Å². The van der Waals surface area contributed by atoms with Gasteiger partial charge in [-0.2, -0.15) is 9.78 Å². The molecule has 1 N–H and O–H groups in total. The van der Waals surface area contributed by atoms with E-state index in [2.05, 4.69) is 5.10 Å². The summed E-state index contributed by atoms with van der Waals surface area (Å²) in [4.78, 5) is 20.1. The summed E-state index contributed by atoms with van der Waals surface area (Å²) in [7, 11) is 0. The van der Waals surface area contributed by atoms with Crippen molar-refractivity contribution in [1.29, 1.82) is 0 Å². The molecule has 0 amide bonds. The van der Waals surface area contributed by atoms with Crippen LogP contribution in [0.1, 0.15) is 5.69 Å². The normalized spacial score (nSPS) is 10.4. The predicted molar refractivity (Wildman–Crippen MR) is 63.3 cm³/mol. The third-order valence-electron chi connectivity index (χ3n) is 2.41. The Morgan fingerprint density at radius 1 is 1.21 bits per heavy atom. The monoisotopic (exact) mass is 264 g/mol. The van der Waals surface area contributed by atoms with E-state index in [1.54, 1.807) is 6.92 Å². The summed E-state index contributed by atoms with van der Waals surface area (Å²) in [6.07, 6.45) is 0. The highest BCUT2D eigenvalue weighted by atomic mass is 16.6. The van der Waals surface area contributed by atoms with Crippen molar-refractivity contribution in [3.05, 3.63) is 50.2 Å². The van der Waals surface area contributed by atoms with Crippen LogP contribution >= 0.6 is 0 Å². The van der Waals surface area contributed by atoms with Gasteiger partial charge in [0.25, 0.3) is 5.69 Å². The number of rotatable bonds is 3. The van der Waals surface area contributed by atoms with E-state index >= 15 is 0 Å². The maximum absolute atomic E-state index is 10.9. The minimum absolute atomic E-state index is 0.0406. The highest BCUT2D eigenvalue weighted by Gasteiger charge is 2.22. The Hall–Kier alpha value is -2.97. The average Bonchev–Trinajstić information content (AvgIpc) is 2.67. The zero-order chi connectivity index (χ0) is 14.2. The smallest absolute Gasteiger partial charge is 0.301 e. The van der Waals surface area contributed by atoms with E-state index in [9.17, 15) is 25.3 Å². The van der Waals surface area contributed by atoms with E-state index in [1.807, 2.05) is 0 Å². The lowest BCUT2D eigenvalue weighted by Gasteiger charge is -2.04. The average molecular weight is 264 g/mol. The Labute approximate surface area is 106 Å². The lowest BCUT2D eigenvalue weighted by atomic mass is 10.2. The molecule has 1 heterocycles. The number of aromatic hydroxyl groups is 1. The summed E-state index contributed by atoms with van der Waals surface area (Å²) in [5.74, 6) is -0.283. The molecule has 19 heavy (non-hydrogen) atoms. The van der Waals surface area contributed by atoms with Gasteiger partial charge in [0.05, 0.1) is 21.6 Å². The summed E-state index contributed by atoms with van der Waals surface area (Å²) in [5, 5.41) is 35.1. The van der Waals surface area contributed by atoms with Gasteiger partial charge in [-0.15, -0.1) is 0 Å². The van der Waals surface area contributed by atoms with E-state index in [-0.39, 0.29) is 11.6 Å². The number of nitrogens with zero attached hydrogens (tertiary/aromatic N) is 4. The molecule has 2 aromatic rings. The molecule has 2 rings (SSSR count). The van der Waals surface area contributed by atoms with Gasteiger partial charge >= 0.3 is 5.69 Å². The Bertz CT molecular complexity index is 679. The zero-order valence-corrected chi connectivity index (χ0v) is 9.68. The third-order valence-corrected chi connectivity index (χ3v) is 2.41. The maximum Gasteiger partial charge on any atom is 0.301 e. The molecular formula is C10H8N4O5. The summed E-state index contributed by atoms with van der Waals surface area (Å²) in [5.41, 5.74) is -0.488. The van der Waals surface area contributed by atoms with Gasteiger partial charge < -0.3 is 5.11 Å². The summed E-state index contributed by atoms with van der Waals surface area (Å²) >= 11 is 0. The van der Waals surface area contributed by atoms with Gasteiger partial charge in [-0.25, -0.2) is 0 Å². The predicted octanol–water partition coefficient (Wildman–Crippen LogP) is 1.70. The van der Waals surface area contributed by atoms with Crippen LogP contribution in [0.3, 0.4) is 0 Å². The van der Waals surface area contributed by atoms with Crippen molar-refractivity contribution in [2.45, 2.75) is 6.92 Å².